The Labute approximate surface area is 236 Å². The lowest BCUT2D eigenvalue weighted by Gasteiger charge is -2.05. The molecule has 0 saturated carbocycles. The second-order valence-corrected chi connectivity index (χ2v) is 12.4. The first-order chi connectivity index (χ1) is 18.3. The standard InChI is InChI=1S/C35H74N2/c1-2-3-4-5-6-7-8-9-10-11-12-13-14-15-16-17-18-19-20-21-22-23-24-25-26-27-28-29-30-31-32-33-34-35(36)37/h35H,2-34,36-37H2,1H3. The van der Waals surface area contributed by atoms with E-state index in [1.165, 1.54) is 205 Å². The molecule has 0 aromatic carbocycles. The normalized spacial score (nSPS) is 11.7. The molecular weight excluding hydrogens is 448 g/mol. The summed E-state index contributed by atoms with van der Waals surface area (Å²) in [5.74, 6) is 0. The van der Waals surface area contributed by atoms with Crippen LogP contribution in [0.1, 0.15) is 219 Å². The third-order valence-electron chi connectivity index (χ3n) is 8.39. The predicted octanol–water partition coefficient (Wildman–Crippen LogP) is 12.1. The molecule has 2 heteroatoms. The SMILES string of the molecule is CCCCCCCCCCCCCCCCCCCCCCCCCCCCCCCCCCC(N)N. The van der Waals surface area contributed by atoms with Crippen LogP contribution in [0, 0.1) is 0 Å². The molecule has 0 aliphatic rings. The van der Waals surface area contributed by atoms with Crippen LogP contribution in [-0.4, -0.2) is 6.17 Å². The summed E-state index contributed by atoms with van der Waals surface area (Å²) in [6.07, 6.45) is 47.4. The predicted molar refractivity (Wildman–Crippen MR) is 170 cm³/mol. The molecule has 0 bridgehead atoms. The van der Waals surface area contributed by atoms with Crippen molar-refractivity contribution in [3.63, 3.8) is 0 Å². The Morgan fingerprint density at radius 2 is 0.432 bits per heavy atom. The van der Waals surface area contributed by atoms with Crippen LogP contribution < -0.4 is 11.5 Å². The number of nitrogens with two attached hydrogens (primary N) is 2. The first kappa shape index (κ1) is 36.9. The minimum atomic E-state index is -0.103. The zero-order chi connectivity index (χ0) is 26.9. The Bertz CT molecular complexity index is 381. The van der Waals surface area contributed by atoms with Crippen LogP contribution in [0.5, 0.6) is 0 Å². The summed E-state index contributed by atoms with van der Waals surface area (Å²) >= 11 is 0. The fraction of sp³-hybridized carbons (Fsp3) is 1.00. The lowest BCUT2D eigenvalue weighted by molar-refractivity contribution is 0.509. The lowest BCUT2D eigenvalue weighted by Crippen LogP contribution is -2.29. The molecule has 0 aliphatic heterocycles. The van der Waals surface area contributed by atoms with E-state index in [1.54, 1.807) is 0 Å². The molecule has 0 aromatic rings. The van der Waals surface area contributed by atoms with Crippen molar-refractivity contribution >= 4 is 0 Å². The maximum Gasteiger partial charge on any atom is 0.0520 e. The maximum atomic E-state index is 5.59. The van der Waals surface area contributed by atoms with Gasteiger partial charge in [0.1, 0.15) is 0 Å². The van der Waals surface area contributed by atoms with Gasteiger partial charge in [-0.25, -0.2) is 0 Å². The molecule has 0 unspecified atom stereocenters. The van der Waals surface area contributed by atoms with Crippen molar-refractivity contribution in [3.05, 3.63) is 0 Å². The first-order valence-electron chi connectivity index (χ1n) is 17.8. The van der Waals surface area contributed by atoms with Crippen molar-refractivity contribution in [1.29, 1.82) is 0 Å². The van der Waals surface area contributed by atoms with E-state index in [9.17, 15) is 0 Å². The number of unbranched alkanes of at least 4 members (excludes halogenated alkanes) is 31. The number of hydrogen-bond donors (Lipinski definition) is 2. The summed E-state index contributed by atoms with van der Waals surface area (Å²) in [5.41, 5.74) is 11.2. The summed E-state index contributed by atoms with van der Waals surface area (Å²) in [7, 11) is 0. The summed E-state index contributed by atoms with van der Waals surface area (Å²) in [6.45, 7) is 2.31. The van der Waals surface area contributed by atoms with Gasteiger partial charge >= 0.3 is 0 Å². The van der Waals surface area contributed by atoms with Crippen LogP contribution in [0.2, 0.25) is 0 Å². The van der Waals surface area contributed by atoms with Gasteiger partial charge < -0.3 is 11.5 Å². The van der Waals surface area contributed by atoms with Gasteiger partial charge in [-0.05, 0) is 6.42 Å². The van der Waals surface area contributed by atoms with Crippen molar-refractivity contribution in [1.82, 2.24) is 0 Å². The monoisotopic (exact) mass is 523 g/mol. The van der Waals surface area contributed by atoms with Gasteiger partial charge in [0.25, 0.3) is 0 Å². The van der Waals surface area contributed by atoms with Crippen LogP contribution in [-0.2, 0) is 0 Å². The van der Waals surface area contributed by atoms with Crippen LogP contribution in [0.25, 0.3) is 0 Å². The average Bonchev–Trinajstić information content (AvgIpc) is 2.89. The van der Waals surface area contributed by atoms with E-state index in [0.29, 0.717) is 0 Å². The fourth-order valence-electron chi connectivity index (χ4n) is 5.76. The highest BCUT2D eigenvalue weighted by Gasteiger charge is 1.98. The van der Waals surface area contributed by atoms with Gasteiger partial charge in [-0.3, -0.25) is 0 Å². The van der Waals surface area contributed by atoms with Gasteiger partial charge in [0.05, 0.1) is 6.17 Å². The van der Waals surface area contributed by atoms with Gasteiger partial charge in [-0.1, -0.05) is 212 Å². The molecule has 0 atom stereocenters. The van der Waals surface area contributed by atoms with Crippen LogP contribution in [0.3, 0.4) is 0 Å². The third-order valence-corrected chi connectivity index (χ3v) is 8.39. The van der Waals surface area contributed by atoms with Gasteiger partial charge in [0.2, 0.25) is 0 Å². The summed E-state index contributed by atoms with van der Waals surface area (Å²) in [5, 5.41) is 0. The largest absolute Gasteiger partial charge is 0.316 e. The molecule has 37 heavy (non-hydrogen) atoms. The Balaban J connectivity index is 3.01. The highest BCUT2D eigenvalue weighted by atomic mass is 14.8. The van der Waals surface area contributed by atoms with Crippen LogP contribution in [0.15, 0.2) is 0 Å². The highest BCUT2D eigenvalue weighted by Crippen LogP contribution is 2.16. The smallest absolute Gasteiger partial charge is 0.0520 e. The topological polar surface area (TPSA) is 52.0 Å². The number of hydrogen-bond acceptors (Lipinski definition) is 2. The van der Waals surface area contributed by atoms with Crippen molar-refractivity contribution in [2.45, 2.75) is 225 Å². The van der Waals surface area contributed by atoms with E-state index in [1.807, 2.05) is 0 Å². The Kier molecular flexibility index (Phi) is 33.9. The highest BCUT2D eigenvalue weighted by molar-refractivity contribution is 4.54. The molecule has 0 spiro atoms. The van der Waals surface area contributed by atoms with Gasteiger partial charge in [-0.15, -0.1) is 0 Å². The fourth-order valence-corrected chi connectivity index (χ4v) is 5.76. The molecule has 0 saturated heterocycles. The van der Waals surface area contributed by atoms with Gasteiger partial charge in [-0.2, -0.15) is 0 Å². The second kappa shape index (κ2) is 33.9. The van der Waals surface area contributed by atoms with E-state index < -0.39 is 0 Å². The molecule has 0 fully saturated rings. The molecular formula is C35H74N2. The zero-order valence-electron chi connectivity index (χ0n) is 26.1. The first-order valence-corrected chi connectivity index (χ1v) is 17.8. The zero-order valence-corrected chi connectivity index (χ0v) is 26.1. The Morgan fingerprint density at radius 3 is 0.595 bits per heavy atom. The average molecular weight is 523 g/mol. The minimum Gasteiger partial charge on any atom is -0.316 e. The van der Waals surface area contributed by atoms with Crippen molar-refractivity contribution < 1.29 is 0 Å². The summed E-state index contributed by atoms with van der Waals surface area (Å²) in [6, 6.07) is 0. The molecule has 224 valence electrons. The minimum absolute atomic E-state index is 0.103. The summed E-state index contributed by atoms with van der Waals surface area (Å²) < 4.78 is 0. The van der Waals surface area contributed by atoms with Crippen LogP contribution >= 0.6 is 0 Å². The molecule has 0 radical (unpaired) electrons. The molecule has 0 rings (SSSR count). The molecule has 4 N–H and O–H groups in total. The second-order valence-electron chi connectivity index (χ2n) is 12.4. The van der Waals surface area contributed by atoms with Crippen LogP contribution in [0.4, 0.5) is 0 Å². The van der Waals surface area contributed by atoms with E-state index in [2.05, 4.69) is 6.92 Å². The quantitative estimate of drug-likeness (QED) is 0.0665. The van der Waals surface area contributed by atoms with E-state index in [-0.39, 0.29) is 6.17 Å². The Hall–Kier alpha value is -0.0800. The molecule has 2 nitrogen and oxygen atoms in total. The van der Waals surface area contributed by atoms with Crippen molar-refractivity contribution in [2.75, 3.05) is 0 Å². The van der Waals surface area contributed by atoms with E-state index in [0.717, 1.165) is 6.42 Å². The van der Waals surface area contributed by atoms with Crippen molar-refractivity contribution in [2.24, 2.45) is 11.5 Å². The van der Waals surface area contributed by atoms with E-state index in [4.69, 9.17) is 11.5 Å². The van der Waals surface area contributed by atoms with E-state index >= 15 is 0 Å². The third kappa shape index (κ3) is 35.9. The van der Waals surface area contributed by atoms with Gasteiger partial charge in [0.15, 0.2) is 0 Å². The molecule has 0 amide bonds. The molecule has 0 aromatic heterocycles. The number of rotatable bonds is 33. The van der Waals surface area contributed by atoms with Gasteiger partial charge in [0, 0.05) is 0 Å². The molecule has 0 heterocycles. The maximum absolute atomic E-state index is 5.59. The Morgan fingerprint density at radius 1 is 0.270 bits per heavy atom. The van der Waals surface area contributed by atoms with Crippen molar-refractivity contribution in [3.8, 4) is 0 Å². The molecule has 0 aliphatic carbocycles. The lowest BCUT2D eigenvalue weighted by atomic mass is 10.0. The summed E-state index contributed by atoms with van der Waals surface area (Å²) in [4.78, 5) is 0.